The van der Waals surface area contributed by atoms with E-state index in [4.69, 9.17) is 4.98 Å². The zero-order valence-electron chi connectivity index (χ0n) is 18.2. The van der Waals surface area contributed by atoms with Crippen LogP contribution in [0.4, 0.5) is 0 Å². The van der Waals surface area contributed by atoms with Gasteiger partial charge in [-0.25, -0.2) is 13.4 Å². The van der Waals surface area contributed by atoms with Crippen molar-refractivity contribution in [2.24, 2.45) is 0 Å². The van der Waals surface area contributed by atoms with Gasteiger partial charge in [-0.05, 0) is 31.5 Å². The van der Waals surface area contributed by atoms with Crippen LogP contribution in [0.5, 0.6) is 0 Å². The van der Waals surface area contributed by atoms with Crippen LogP contribution in [0.3, 0.4) is 0 Å². The number of piperazine rings is 1. The van der Waals surface area contributed by atoms with Crippen molar-refractivity contribution in [2.75, 3.05) is 37.7 Å². The van der Waals surface area contributed by atoms with E-state index >= 15 is 0 Å². The number of hydrogen-bond acceptors (Lipinski definition) is 5. The first kappa shape index (κ1) is 21.1. The summed E-state index contributed by atoms with van der Waals surface area (Å²) in [5.74, 6) is 0.538. The number of sulfone groups is 1. The number of rotatable bonds is 3. The third-order valence-electron chi connectivity index (χ3n) is 6.59. The summed E-state index contributed by atoms with van der Waals surface area (Å²) in [4.78, 5) is 22.6. The van der Waals surface area contributed by atoms with Crippen LogP contribution in [-0.4, -0.2) is 72.8 Å². The quantitative estimate of drug-likeness (QED) is 0.614. The van der Waals surface area contributed by atoms with E-state index in [1.807, 2.05) is 66.4 Å². The Morgan fingerprint density at radius 1 is 1.00 bits per heavy atom. The number of nitrogens with zero attached hydrogens (tertiary/aromatic N) is 3. The number of pyridine rings is 1. The third-order valence-corrected chi connectivity index (χ3v) is 8.34. The molecule has 2 aliphatic heterocycles. The largest absolute Gasteiger partial charge is 0.336 e. The van der Waals surface area contributed by atoms with Crippen molar-refractivity contribution in [3.05, 3.63) is 65.7 Å². The molecule has 5 rings (SSSR count). The van der Waals surface area contributed by atoms with Crippen molar-refractivity contribution in [3.63, 3.8) is 0 Å². The van der Waals surface area contributed by atoms with E-state index in [2.05, 4.69) is 4.90 Å². The highest BCUT2D eigenvalue weighted by molar-refractivity contribution is 7.91. The fraction of sp³-hybridized carbons (Fsp3) is 0.360. The number of aryl methyl sites for hydroxylation is 1. The molecule has 0 radical (unpaired) electrons. The molecule has 0 N–H and O–H groups in total. The number of fused-ring (bicyclic) bond motifs is 1. The van der Waals surface area contributed by atoms with Gasteiger partial charge in [0, 0.05) is 43.2 Å². The molecule has 0 unspecified atom stereocenters. The molecule has 0 bridgehead atoms. The summed E-state index contributed by atoms with van der Waals surface area (Å²) >= 11 is 0. The van der Waals surface area contributed by atoms with Crippen LogP contribution >= 0.6 is 0 Å². The van der Waals surface area contributed by atoms with Crippen molar-refractivity contribution in [2.45, 2.75) is 19.4 Å². The number of aromatic nitrogens is 1. The van der Waals surface area contributed by atoms with Gasteiger partial charge in [0.25, 0.3) is 5.91 Å². The van der Waals surface area contributed by atoms with Crippen LogP contribution in [0.2, 0.25) is 0 Å². The van der Waals surface area contributed by atoms with Gasteiger partial charge in [0.05, 0.1) is 28.3 Å². The SMILES string of the molecule is Cc1ccc2nc(-c3ccccc3)cc(C(=O)N3CCN([C@H]4CCS(=O)(=O)C4)CC3)c2c1. The van der Waals surface area contributed by atoms with Gasteiger partial charge in [0.1, 0.15) is 0 Å². The molecular weight excluding hydrogens is 422 g/mol. The van der Waals surface area contributed by atoms with Crippen LogP contribution < -0.4 is 0 Å². The van der Waals surface area contributed by atoms with Gasteiger partial charge in [-0.2, -0.15) is 0 Å². The highest BCUT2D eigenvalue weighted by Gasteiger charge is 2.34. The standard InChI is InChI=1S/C25H27N3O3S/c1-18-7-8-23-21(15-18)22(16-24(26-23)19-5-3-2-4-6-19)25(29)28-12-10-27(11-13-28)20-9-14-32(30,31)17-20/h2-8,15-16,20H,9-14,17H2,1H3/t20-/m0/s1. The molecule has 6 nitrogen and oxygen atoms in total. The van der Waals surface area contributed by atoms with Crippen LogP contribution in [0.1, 0.15) is 22.3 Å². The van der Waals surface area contributed by atoms with Crippen LogP contribution in [-0.2, 0) is 9.84 Å². The maximum Gasteiger partial charge on any atom is 0.254 e. The summed E-state index contributed by atoms with van der Waals surface area (Å²) < 4.78 is 23.7. The molecule has 1 atom stereocenters. The molecule has 3 heterocycles. The lowest BCUT2D eigenvalue weighted by molar-refractivity contribution is 0.0589. The van der Waals surface area contributed by atoms with Crippen molar-refractivity contribution >= 4 is 26.6 Å². The fourth-order valence-electron chi connectivity index (χ4n) is 4.80. The number of hydrogen-bond donors (Lipinski definition) is 0. The lowest BCUT2D eigenvalue weighted by atomic mass is 10.0. The average Bonchev–Trinajstić information content (AvgIpc) is 3.18. The van der Waals surface area contributed by atoms with Crippen LogP contribution in [0.25, 0.3) is 22.2 Å². The van der Waals surface area contributed by atoms with Gasteiger partial charge in [-0.1, -0.05) is 42.0 Å². The highest BCUT2D eigenvalue weighted by Crippen LogP contribution is 2.27. The Morgan fingerprint density at radius 3 is 2.44 bits per heavy atom. The number of carbonyl (C=O) groups excluding carboxylic acids is 1. The van der Waals surface area contributed by atoms with Crippen LogP contribution in [0, 0.1) is 6.92 Å². The Morgan fingerprint density at radius 2 is 1.75 bits per heavy atom. The summed E-state index contributed by atoms with van der Waals surface area (Å²) in [6, 6.07) is 18.0. The summed E-state index contributed by atoms with van der Waals surface area (Å²) in [7, 11) is -2.91. The van der Waals surface area contributed by atoms with E-state index < -0.39 is 9.84 Å². The molecule has 7 heteroatoms. The van der Waals surface area contributed by atoms with Gasteiger partial charge < -0.3 is 4.90 Å². The molecule has 0 spiro atoms. The Balaban J connectivity index is 1.42. The lowest BCUT2D eigenvalue weighted by Gasteiger charge is -2.37. The molecule has 166 valence electrons. The molecule has 2 saturated heterocycles. The second-order valence-corrected chi connectivity index (χ2v) is 11.1. The second kappa shape index (κ2) is 8.30. The van der Waals surface area contributed by atoms with Crippen LogP contribution in [0.15, 0.2) is 54.6 Å². The van der Waals surface area contributed by atoms with E-state index in [-0.39, 0.29) is 23.5 Å². The first-order valence-corrected chi connectivity index (χ1v) is 12.9. The first-order valence-electron chi connectivity index (χ1n) is 11.1. The molecular formula is C25H27N3O3S. The van der Waals surface area contributed by atoms with E-state index in [9.17, 15) is 13.2 Å². The van der Waals surface area contributed by atoms with Gasteiger partial charge in [0.15, 0.2) is 9.84 Å². The topological polar surface area (TPSA) is 70.6 Å². The molecule has 3 aromatic rings. The number of carbonyl (C=O) groups is 1. The summed E-state index contributed by atoms with van der Waals surface area (Å²) in [6.07, 6.45) is 0.699. The highest BCUT2D eigenvalue weighted by atomic mass is 32.2. The minimum Gasteiger partial charge on any atom is -0.336 e. The lowest BCUT2D eigenvalue weighted by Crippen LogP contribution is -2.52. The van der Waals surface area contributed by atoms with Crippen molar-refractivity contribution in [1.82, 2.24) is 14.8 Å². The van der Waals surface area contributed by atoms with Crippen molar-refractivity contribution in [3.8, 4) is 11.3 Å². The summed E-state index contributed by atoms with van der Waals surface area (Å²) in [5, 5.41) is 0.874. The Bertz CT molecular complexity index is 1270. The van der Waals surface area contributed by atoms with Crippen molar-refractivity contribution < 1.29 is 13.2 Å². The first-order chi connectivity index (χ1) is 15.4. The monoisotopic (exact) mass is 449 g/mol. The van der Waals surface area contributed by atoms with E-state index in [1.165, 1.54) is 0 Å². The van der Waals surface area contributed by atoms with Gasteiger partial charge in [-0.15, -0.1) is 0 Å². The predicted molar refractivity (Wildman–Crippen MR) is 126 cm³/mol. The van der Waals surface area contributed by atoms with Gasteiger partial charge in [-0.3, -0.25) is 9.69 Å². The predicted octanol–water partition coefficient (Wildman–Crippen LogP) is 3.16. The summed E-state index contributed by atoms with van der Waals surface area (Å²) in [6.45, 7) is 4.64. The zero-order valence-corrected chi connectivity index (χ0v) is 19.0. The second-order valence-electron chi connectivity index (χ2n) is 8.83. The molecule has 2 fully saturated rings. The van der Waals surface area contributed by atoms with Crippen molar-refractivity contribution in [1.29, 1.82) is 0 Å². The van der Waals surface area contributed by atoms with E-state index in [1.54, 1.807) is 0 Å². The summed E-state index contributed by atoms with van der Waals surface area (Å²) in [5.41, 5.74) is 4.36. The minimum absolute atomic E-state index is 0.0128. The fourth-order valence-corrected chi connectivity index (χ4v) is 6.56. The number of benzene rings is 2. The average molecular weight is 450 g/mol. The Labute approximate surface area is 188 Å². The molecule has 1 amide bonds. The molecule has 32 heavy (non-hydrogen) atoms. The zero-order chi connectivity index (χ0) is 22.3. The molecule has 0 saturated carbocycles. The normalized spacial score (nSPS) is 21.2. The maximum absolute atomic E-state index is 13.6. The molecule has 2 aliphatic rings. The van der Waals surface area contributed by atoms with Gasteiger partial charge >= 0.3 is 0 Å². The maximum atomic E-state index is 13.6. The number of amides is 1. The third kappa shape index (κ3) is 4.14. The van der Waals surface area contributed by atoms with E-state index in [0.29, 0.717) is 38.2 Å². The Hall–Kier alpha value is -2.77. The smallest absolute Gasteiger partial charge is 0.254 e. The van der Waals surface area contributed by atoms with Gasteiger partial charge in [0.2, 0.25) is 0 Å². The minimum atomic E-state index is -2.91. The van der Waals surface area contributed by atoms with E-state index in [0.717, 1.165) is 27.7 Å². The molecule has 1 aromatic heterocycles. The Kier molecular flexibility index (Phi) is 5.47. The molecule has 0 aliphatic carbocycles. The molecule has 2 aromatic carbocycles.